The first-order valence-corrected chi connectivity index (χ1v) is 5.01. The summed E-state index contributed by atoms with van der Waals surface area (Å²) >= 11 is 0. The molecule has 0 amide bonds. The second kappa shape index (κ2) is 2.58. The van der Waals surface area contributed by atoms with Crippen LogP contribution in [0, 0.1) is 0 Å². The van der Waals surface area contributed by atoms with E-state index in [1.54, 1.807) is 6.26 Å². The molecule has 1 aliphatic carbocycles. The van der Waals surface area contributed by atoms with Gasteiger partial charge in [-0.2, -0.15) is 0 Å². The summed E-state index contributed by atoms with van der Waals surface area (Å²) in [4.78, 5) is 6.70. The third-order valence-corrected chi connectivity index (χ3v) is 3.64. The molecule has 1 spiro atoms. The van der Waals surface area contributed by atoms with E-state index in [2.05, 4.69) is 9.88 Å². The Hall–Kier alpha value is -0.830. The van der Waals surface area contributed by atoms with Gasteiger partial charge in [0.1, 0.15) is 6.26 Å². The van der Waals surface area contributed by atoms with Gasteiger partial charge in [-0.15, -0.1) is 0 Å². The Kier molecular flexibility index (Phi) is 1.50. The van der Waals surface area contributed by atoms with Crippen LogP contribution >= 0.6 is 0 Å². The number of rotatable bonds is 2. The minimum atomic E-state index is 0.582. The molecule has 0 unspecified atom stereocenters. The maximum absolute atomic E-state index is 4.97. The summed E-state index contributed by atoms with van der Waals surface area (Å²) in [6.07, 6.45) is 8.86. The summed E-state index contributed by atoms with van der Waals surface area (Å²) in [6.45, 7) is 2.23. The SMILES string of the molecule is c1nc(CN2CCC23CCC3)co1. The molecule has 3 rings (SSSR count). The molecule has 0 radical (unpaired) electrons. The Labute approximate surface area is 77.7 Å². The molecular formula is C10H14N2O. The van der Waals surface area contributed by atoms with Gasteiger partial charge in [0.15, 0.2) is 6.39 Å². The van der Waals surface area contributed by atoms with Crippen LogP contribution in [0.15, 0.2) is 17.1 Å². The summed E-state index contributed by atoms with van der Waals surface area (Å²) < 4.78 is 4.97. The van der Waals surface area contributed by atoms with Crippen molar-refractivity contribution in [3.8, 4) is 0 Å². The minimum Gasteiger partial charge on any atom is -0.451 e. The minimum absolute atomic E-state index is 0.582. The van der Waals surface area contributed by atoms with Gasteiger partial charge >= 0.3 is 0 Å². The van der Waals surface area contributed by atoms with Crippen molar-refractivity contribution in [2.45, 2.75) is 37.8 Å². The van der Waals surface area contributed by atoms with Gasteiger partial charge in [-0.1, -0.05) is 0 Å². The van der Waals surface area contributed by atoms with E-state index in [1.807, 2.05) is 0 Å². The van der Waals surface area contributed by atoms with E-state index >= 15 is 0 Å². The Morgan fingerprint density at radius 3 is 2.85 bits per heavy atom. The van der Waals surface area contributed by atoms with E-state index in [-0.39, 0.29) is 0 Å². The highest BCUT2D eigenvalue weighted by Crippen LogP contribution is 2.47. The molecule has 70 valence electrons. The standard InChI is InChI=1S/C10H14N2O/c1-2-10(3-1)4-5-12(10)6-9-7-13-8-11-9/h7-8H,1-6H2. The molecule has 2 aliphatic rings. The van der Waals surface area contributed by atoms with E-state index in [4.69, 9.17) is 4.42 Å². The lowest BCUT2D eigenvalue weighted by Crippen LogP contribution is -2.63. The van der Waals surface area contributed by atoms with Crippen molar-refractivity contribution in [1.29, 1.82) is 0 Å². The summed E-state index contributed by atoms with van der Waals surface area (Å²) in [7, 11) is 0. The van der Waals surface area contributed by atoms with Crippen LogP contribution in [-0.4, -0.2) is 22.0 Å². The highest BCUT2D eigenvalue weighted by Gasteiger charge is 2.48. The van der Waals surface area contributed by atoms with Crippen molar-refractivity contribution in [1.82, 2.24) is 9.88 Å². The monoisotopic (exact) mass is 178 g/mol. The van der Waals surface area contributed by atoms with Crippen LogP contribution in [0.5, 0.6) is 0 Å². The molecule has 13 heavy (non-hydrogen) atoms. The second-order valence-corrected chi connectivity index (χ2v) is 4.23. The van der Waals surface area contributed by atoms with Gasteiger partial charge in [0, 0.05) is 18.6 Å². The maximum atomic E-state index is 4.97. The summed E-state index contributed by atoms with van der Waals surface area (Å²) in [5, 5.41) is 0. The Balaban J connectivity index is 1.67. The number of aromatic nitrogens is 1. The number of nitrogens with zero attached hydrogens (tertiary/aromatic N) is 2. The molecular weight excluding hydrogens is 164 g/mol. The van der Waals surface area contributed by atoms with Gasteiger partial charge < -0.3 is 4.42 Å². The van der Waals surface area contributed by atoms with Gasteiger partial charge in [0.2, 0.25) is 0 Å². The first kappa shape index (κ1) is 7.56. The first-order valence-electron chi connectivity index (χ1n) is 5.01. The zero-order valence-electron chi connectivity index (χ0n) is 7.70. The van der Waals surface area contributed by atoms with Gasteiger partial charge in [-0.3, -0.25) is 4.90 Å². The molecule has 1 aromatic rings. The van der Waals surface area contributed by atoms with Crippen LogP contribution in [0.2, 0.25) is 0 Å². The average molecular weight is 178 g/mol. The first-order chi connectivity index (χ1) is 6.39. The van der Waals surface area contributed by atoms with Gasteiger partial charge in [0.05, 0.1) is 5.69 Å². The molecule has 3 nitrogen and oxygen atoms in total. The van der Waals surface area contributed by atoms with Gasteiger partial charge in [-0.05, 0) is 25.7 Å². The van der Waals surface area contributed by atoms with Crippen molar-refractivity contribution >= 4 is 0 Å². The lowest BCUT2D eigenvalue weighted by atomic mass is 9.68. The molecule has 2 fully saturated rings. The van der Waals surface area contributed by atoms with Crippen LogP contribution in [0.4, 0.5) is 0 Å². The summed E-state index contributed by atoms with van der Waals surface area (Å²) in [5.41, 5.74) is 1.66. The van der Waals surface area contributed by atoms with E-state index < -0.39 is 0 Å². The fraction of sp³-hybridized carbons (Fsp3) is 0.700. The normalized spacial score (nSPS) is 25.5. The van der Waals surface area contributed by atoms with Crippen molar-refractivity contribution in [3.05, 3.63) is 18.4 Å². The molecule has 1 saturated heterocycles. The Morgan fingerprint density at radius 2 is 2.38 bits per heavy atom. The van der Waals surface area contributed by atoms with Crippen LogP contribution in [0.1, 0.15) is 31.4 Å². The largest absolute Gasteiger partial charge is 0.451 e. The molecule has 0 N–H and O–H groups in total. The molecule has 2 heterocycles. The van der Waals surface area contributed by atoms with Gasteiger partial charge in [0.25, 0.3) is 0 Å². The smallest absolute Gasteiger partial charge is 0.180 e. The molecule has 0 aromatic carbocycles. The third-order valence-electron chi connectivity index (χ3n) is 3.64. The van der Waals surface area contributed by atoms with Crippen molar-refractivity contribution in [2.24, 2.45) is 0 Å². The van der Waals surface area contributed by atoms with Crippen molar-refractivity contribution < 1.29 is 4.42 Å². The predicted octanol–water partition coefficient (Wildman–Crippen LogP) is 1.80. The lowest BCUT2D eigenvalue weighted by Gasteiger charge is -2.58. The predicted molar refractivity (Wildman–Crippen MR) is 48.1 cm³/mol. The highest BCUT2D eigenvalue weighted by molar-refractivity contribution is 5.07. The summed E-state index contributed by atoms with van der Waals surface area (Å²) in [6, 6.07) is 0. The molecule has 0 atom stereocenters. The second-order valence-electron chi connectivity index (χ2n) is 4.23. The topological polar surface area (TPSA) is 29.3 Å². The Bertz CT molecular complexity index is 284. The molecule has 0 bridgehead atoms. The number of likely N-dealkylation sites (tertiary alicyclic amines) is 1. The summed E-state index contributed by atoms with van der Waals surface area (Å²) in [5.74, 6) is 0. The third kappa shape index (κ3) is 1.03. The fourth-order valence-corrected chi connectivity index (χ4v) is 2.50. The molecule has 3 heteroatoms. The van der Waals surface area contributed by atoms with Crippen LogP contribution in [0.3, 0.4) is 0 Å². The zero-order chi connectivity index (χ0) is 8.73. The zero-order valence-corrected chi connectivity index (χ0v) is 7.70. The fourth-order valence-electron chi connectivity index (χ4n) is 2.50. The van der Waals surface area contributed by atoms with Crippen LogP contribution in [-0.2, 0) is 6.54 Å². The molecule has 1 aliphatic heterocycles. The van der Waals surface area contributed by atoms with Crippen molar-refractivity contribution in [2.75, 3.05) is 6.54 Å². The average Bonchev–Trinajstić information content (AvgIpc) is 2.47. The molecule has 1 saturated carbocycles. The Morgan fingerprint density at radius 1 is 1.46 bits per heavy atom. The highest BCUT2D eigenvalue weighted by atomic mass is 16.3. The van der Waals surface area contributed by atoms with E-state index in [9.17, 15) is 0 Å². The lowest BCUT2D eigenvalue weighted by molar-refractivity contribution is -0.0796. The van der Waals surface area contributed by atoms with E-state index in [0.717, 1.165) is 12.2 Å². The number of hydrogen-bond acceptors (Lipinski definition) is 3. The number of oxazole rings is 1. The van der Waals surface area contributed by atoms with E-state index in [1.165, 1.54) is 38.6 Å². The number of hydrogen-bond donors (Lipinski definition) is 0. The van der Waals surface area contributed by atoms with Crippen LogP contribution < -0.4 is 0 Å². The van der Waals surface area contributed by atoms with Gasteiger partial charge in [-0.25, -0.2) is 4.98 Å². The van der Waals surface area contributed by atoms with E-state index in [0.29, 0.717) is 5.54 Å². The van der Waals surface area contributed by atoms with Crippen LogP contribution in [0.25, 0.3) is 0 Å². The molecule has 1 aromatic heterocycles. The maximum Gasteiger partial charge on any atom is 0.180 e. The van der Waals surface area contributed by atoms with Crippen molar-refractivity contribution in [3.63, 3.8) is 0 Å². The quantitative estimate of drug-likeness (QED) is 0.691.